The first-order valence-electron chi connectivity index (χ1n) is 11.1. The second-order valence-corrected chi connectivity index (χ2v) is 10.4. The Hall–Kier alpha value is -2.55. The summed E-state index contributed by atoms with van der Waals surface area (Å²) in [6.45, 7) is 0.141. The minimum absolute atomic E-state index is 0.00587. The Kier molecular flexibility index (Phi) is 5.61. The van der Waals surface area contributed by atoms with Crippen molar-refractivity contribution < 1.29 is 9.59 Å². The quantitative estimate of drug-likeness (QED) is 0.635. The molecule has 0 spiro atoms. The van der Waals surface area contributed by atoms with Gasteiger partial charge in [-0.05, 0) is 89.9 Å². The number of halogens is 1. The standard InChI is InChI=1S/C23H26BrN5O3/c24-20-18(28-22(32)23-8-15-5-16(9-23)7-17(6-15)10-23)12-27-29(21(20)31)13-19(30)26-11-14-1-3-25-4-2-14/h1-4,12,15-17H,5-11,13H2,(H,26,30)(H,28,32). The van der Waals surface area contributed by atoms with E-state index in [4.69, 9.17) is 0 Å². The third kappa shape index (κ3) is 4.10. The van der Waals surface area contributed by atoms with Crippen molar-refractivity contribution in [2.75, 3.05) is 5.32 Å². The summed E-state index contributed by atoms with van der Waals surface area (Å²) in [7, 11) is 0. The molecule has 0 aromatic carbocycles. The first kappa shape index (κ1) is 21.3. The van der Waals surface area contributed by atoms with E-state index in [-0.39, 0.29) is 28.2 Å². The zero-order chi connectivity index (χ0) is 22.3. The predicted octanol–water partition coefficient (Wildman–Crippen LogP) is 2.87. The molecule has 2 aromatic heterocycles. The molecule has 0 radical (unpaired) electrons. The van der Waals surface area contributed by atoms with Crippen molar-refractivity contribution in [3.05, 3.63) is 51.1 Å². The summed E-state index contributed by atoms with van der Waals surface area (Å²) in [5, 5.41) is 9.85. The maximum atomic E-state index is 13.3. The summed E-state index contributed by atoms with van der Waals surface area (Å²) >= 11 is 3.31. The molecule has 4 fully saturated rings. The lowest BCUT2D eigenvalue weighted by Gasteiger charge is -2.55. The van der Waals surface area contributed by atoms with Gasteiger partial charge in [-0.3, -0.25) is 19.4 Å². The average molecular weight is 500 g/mol. The van der Waals surface area contributed by atoms with E-state index in [1.54, 1.807) is 12.4 Å². The van der Waals surface area contributed by atoms with Crippen LogP contribution in [-0.2, 0) is 22.7 Å². The van der Waals surface area contributed by atoms with E-state index in [0.717, 1.165) is 29.5 Å². The number of hydrogen-bond acceptors (Lipinski definition) is 5. The molecule has 0 atom stereocenters. The van der Waals surface area contributed by atoms with E-state index in [1.807, 2.05) is 12.1 Å². The van der Waals surface area contributed by atoms with Crippen LogP contribution in [0.25, 0.3) is 0 Å². The molecule has 2 amide bonds. The molecule has 9 heteroatoms. The van der Waals surface area contributed by atoms with Gasteiger partial charge in [-0.1, -0.05) is 0 Å². The van der Waals surface area contributed by atoms with Crippen LogP contribution in [0.3, 0.4) is 0 Å². The smallest absolute Gasteiger partial charge is 0.283 e. The van der Waals surface area contributed by atoms with Gasteiger partial charge in [0.25, 0.3) is 5.56 Å². The molecule has 0 unspecified atom stereocenters. The Morgan fingerprint density at radius 3 is 2.34 bits per heavy atom. The van der Waals surface area contributed by atoms with Crippen LogP contribution in [-0.4, -0.2) is 26.6 Å². The summed E-state index contributed by atoms with van der Waals surface area (Å²) in [5.41, 5.74) is 0.518. The molecule has 4 aliphatic rings. The number of nitrogens with zero attached hydrogens (tertiary/aromatic N) is 3. The van der Waals surface area contributed by atoms with Crippen LogP contribution in [0.1, 0.15) is 44.1 Å². The molecular formula is C23H26BrN5O3. The molecule has 4 saturated carbocycles. The molecule has 4 aliphatic carbocycles. The van der Waals surface area contributed by atoms with Crippen LogP contribution in [0, 0.1) is 23.2 Å². The number of rotatable bonds is 6. The number of anilines is 1. The SMILES string of the molecule is O=C(Cn1ncc(NC(=O)C23CC4CC(CC(C4)C2)C3)c(Br)c1=O)NCc1ccncc1. The van der Waals surface area contributed by atoms with Crippen molar-refractivity contribution in [2.45, 2.75) is 51.6 Å². The Bertz CT molecular complexity index is 1070. The van der Waals surface area contributed by atoms with E-state index in [2.05, 4.69) is 36.6 Å². The molecule has 2 N–H and O–H groups in total. The Balaban J connectivity index is 1.24. The van der Waals surface area contributed by atoms with Crippen LogP contribution >= 0.6 is 15.9 Å². The molecular weight excluding hydrogens is 474 g/mol. The maximum Gasteiger partial charge on any atom is 0.283 e. The monoisotopic (exact) mass is 499 g/mol. The van der Waals surface area contributed by atoms with E-state index >= 15 is 0 Å². The highest BCUT2D eigenvalue weighted by atomic mass is 79.9. The molecule has 32 heavy (non-hydrogen) atoms. The van der Waals surface area contributed by atoms with Gasteiger partial charge in [-0.2, -0.15) is 5.10 Å². The number of nitrogens with one attached hydrogen (secondary N) is 2. The minimum Gasteiger partial charge on any atom is -0.350 e. The largest absolute Gasteiger partial charge is 0.350 e. The third-order valence-electron chi connectivity index (χ3n) is 7.29. The van der Waals surface area contributed by atoms with E-state index in [9.17, 15) is 14.4 Å². The average Bonchev–Trinajstić information content (AvgIpc) is 2.77. The Morgan fingerprint density at radius 1 is 1.09 bits per heavy atom. The van der Waals surface area contributed by atoms with Crippen LogP contribution in [0.2, 0.25) is 0 Å². The first-order chi connectivity index (χ1) is 15.4. The van der Waals surface area contributed by atoms with Gasteiger partial charge in [-0.25, -0.2) is 4.68 Å². The van der Waals surface area contributed by atoms with Crippen molar-refractivity contribution in [1.82, 2.24) is 20.1 Å². The number of carbonyl (C=O) groups is 2. The summed E-state index contributed by atoms with van der Waals surface area (Å²) in [4.78, 5) is 42.2. The van der Waals surface area contributed by atoms with Gasteiger partial charge in [0.15, 0.2) is 0 Å². The van der Waals surface area contributed by atoms with Crippen molar-refractivity contribution in [2.24, 2.45) is 23.2 Å². The van der Waals surface area contributed by atoms with Gasteiger partial charge in [-0.15, -0.1) is 0 Å². The third-order valence-corrected chi connectivity index (χ3v) is 8.05. The van der Waals surface area contributed by atoms with Crippen LogP contribution in [0.4, 0.5) is 5.69 Å². The lowest BCUT2D eigenvalue weighted by atomic mass is 9.49. The van der Waals surface area contributed by atoms with Crippen molar-refractivity contribution >= 4 is 33.4 Å². The molecule has 2 heterocycles. The zero-order valence-corrected chi connectivity index (χ0v) is 19.3. The fraction of sp³-hybridized carbons (Fsp3) is 0.522. The summed E-state index contributed by atoms with van der Waals surface area (Å²) in [6.07, 6.45) is 11.4. The number of carbonyl (C=O) groups excluding carboxylic acids is 2. The number of amides is 2. The number of hydrogen-bond donors (Lipinski definition) is 2. The van der Waals surface area contributed by atoms with Crippen molar-refractivity contribution in [3.8, 4) is 0 Å². The fourth-order valence-electron chi connectivity index (χ4n) is 6.20. The fourth-order valence-corrected chi connectivity index (χ4v) is 6.61. The number of aromatic nitrogens is 3. The van der Waals surface area contributed by atoms with Gasteiger partial charge >= 0.3 is 0 Å². The number of pyridine rings is 1. The van der Waals surface area contributed by atoms with E-state index < -0.39 is 5.56 Å². The summed E-state index contributed by atoms with van der Waals surface area (Å²) < 4.78 is 1.30. The highest BCUT2D eigenvalue weighted by Crippen LogP contribution is 2.60. The zero-order valence-electron chi connectivity index (χ0n) is 17.7. The highest BCUT2D eigenvalue weighted by Gasteiger charge is 2.54. The Labute approximate surface area is 194 Å². The van der Waals surface area contributed by atoms with Gasteiger partial charge in [0.1, 0.15) is 11.0 Å². The van der Waals surface area contributed by atoms with Crippen LogP contribution in [0.15, 0.2) is 40.0 Å². The second kappa shape index (κ2) is 8.42. The van der Waals surface area contributed by atoms with Crippen molar-refractivity contribution in [1.29, 1.82) is 0 Å². The Morgan fingerprint density at radius 2 is 1.72 bits per heavy atom. The first-order valence-corrected chi connectivity index (χ1v) is 11.9. The lowest BCUT2D eigenvalue weighted by molar-refractivity contribution is -0.140. The molecule has 8 nitrogen and oxygen atoms in total. The van der Waals surface area contributed by atoms with Crippen molar-refractivity contribution in [3.63, 3.8) is 0 Å². The molecule has 6 rings (SSSR count). The van der Waals surface area contributed by atoms with E-state index in [1.165, 1.54) is 25.5 Å². The highest BCUT2D eigenvalue weighted by molar-refractivity contribution is 9.10. The van der Waals surface area contributed by atoms with Crippen LogP contribution in [0.5, 0.6) is 0 Å². The molecule has 168 valence electrons. The summed E-state index contributed by atoms with van der Waals surface area (Å²) in [6, 6.07) is 3.62. The predicted molar refractivity (Wildman–Crippen MR) is 122 cm³/mol. The molecule has 0 aliphatic heterocycles. The topological polar surface area (TPSA) is 106 Å². The van der Waals surface area contributed by atoms with Gasteiger partial charge in [0, 0.05) is 18.9 Å². The second-order valence-electron chi connectivity index (χ2n) is 9.62. The summed E-state index contributed by atoms with van der Waals surface area (Å²) in [5.74, 6) is 1.66. The van der Waals surface area contributed by atoms with E-state index in [0.29, 0.717) is 30.0 Å². The maximum absolute atomic E-state index is 13.3. The molecule has 4 bridgehead atoms. The van der Waals surface area contributed by atoms with Gasteiger partial charge in [0.2, 0.25) is 11.8 Å². The lowest BCUT2D eigenvalue weighted by Crippen LogP contribution is -2.51. The normalized spacial score (nSPS) is 27.8. The van der Waals surface area contributed by atoms with Gasteiger partial charge < -0.3 is 10.6 Å². The minimum atomic E-state index is -0.452. The molecule has 2 aromatic rings. The van der Waals surface area contributed by atoms with Crippen LogP contribution < -0.4 is 16.2 Å². The van der Waals surface area contributed by atoms with Gasteiger partial charge in [0.05, 0.1) is 17.3 Å². The molecule has 0 saturated heterocycles.